The third-order valence-electron chi connectivity index (χ3n) is 4.30. The molecule has 0 spiro atoms. The van der Waals surface area contributed by atoms with Gasteiger partial charge in [-0.3, -0.25) is 4.79 Å². The second-order valence-corrected chi connectivity index (χ2v) is 5.74. The van der Waals surface area contributed by atoms with Crippen molar-refractivity contribution < 1.29 is 4.79 Å². The summed E-state index contributed by atoms with van der Waals surface area (Å²) >= 11 is 0. The molecule has 1 fully saturated rings. The fourth-order valence-corrected chi connectivity index (χ4v) is 3.13. The average Bonchev–Trinajstić information content (AvgIpc) is 2.90. The number of benzene rings is 2. The van der Waals surface area contributed by atoms with E-state index in [1.807, 2.05) is 23.1 Å². The van der Waals surface area contributed by atoms with Gasteiger partial charge in [-0.2, -0.15) is 0 Å². The number of nitrogens with zero attached hydrogens (tertiary/aromatic N) is 1. The summed E-state index contributed by atoms with van der Waals surface area (Å²) in [6, 6.07) is 18.0. The molecule has 2 aromatic carbocycles. The third kappa shape index (κ3) is 3.09. The van der Waals surface area contributed by atoms with E-state index in [1.165, 1.54) is 5.56 Å². The Hall–Kier alpha value is -2.00. The first-order chi connectivity index (χ1) is 10.2. The molecule has 1 amide bonds. The number of para-hydroxylation sites is 1. The van der Waals surface area contributed by atoms with Crippen molar-refractivity contribution in [3.63, 3.8) is 0 Å². The van der Waals surface area contributed by atoms with Gasteiger partial charge in [0.15, 0.2) is 0 Å². The van der Waals surface area contributed by atoms with E-state index < -0.39 is 0 Å². The van der Waals surface area contributed by atoms with Crippen LogP contribution in [0.3, 0.4) is 0 Å². The molecule has 4 heteroatoms. The van der Waals surface area contributed by atoms with Gasteiger partial charge in [0.25, 0.3) is 5.91 Å². The van der Waals surface area contributed by atoms with Gasteiger partial charge in [0.2, 0.25) is 0 Å². The van der Waals surface area contributed by atoms with Crippen LogP contribution in [0.25, 0.3) is 0 Å². The molecule has 2 N–H and O–H groups in total. The van der Waals surface area contributed by atoms with Crippen LogP contribution in [0.4, 0.5) is 5.69 Å². The van der Waals surface area contributed by atoms with Crippen LogP contribution in [-0.4, -0.2) is 23.4 Å². The first kappa shape index (κ1) is 16.4. The fraction of sp³-hybridized carbons (Fsp3) is 0.278. The lowest BCUT2D eigenvalue weighted by molar-refractivity contribution is 0.0747. The topological polar surface area (TPSA) is 46.3 Å². The lowest BCUT2D eigenvalue weighted by atomic mass is 9.97. The highest BCUT2D eigenvalue weighted by molar-refractivity contribution is 5.99. The van der Waals surface area contributed by atoms with E-state index in [0.717, 1.165) is 13.0 Å². The zero-order chi connectivity index (χ0) is 14.8. The molecule has 0 aliphatic carbocycles. The first-order valence-corrected chi connectivity index (χ1v) is 7.37. The number of anilines is 1. The number of nitrogens with two attached hydrogens (primary N) is 1. The number of amides is 1. The molecule has 1 aliphatic rings. The van der Waals surface area contributed by atoms with Gasteiger partial charge in [-0.25, -0.2) is 0 Å². The molecule has 0 aromatic heterocycles. The van der Waals surface area contributed by atoms with Crippen molar-refractivity contribution in [1.29, 1.82) is 0 Å². The molecule has 2 atom stereocenters. The number of likely N-dealkylation sites (tertiary alicyclic amines) is 1. The Balaban J connectivity index is 0.00000176. The van der Waals surface area contributed by atoms with Crippen LogP contribution >= 0.6 is 12.4 Å². The van der Waals surface area contributed by atoms with E-state index in [0.29, 0.717) is 17.2 Å². The summed E-state index contributed by atoms with van der Waals surface area (Å²) in [5, 5.41) is 0. The van der Waals surface area contributed by atoms with E-state index in [2.05, 4.69) is 31.2 Å². The van der Waals surface area contributed by atoms with Crippen LogP contribution in [0.2, 0.25) is 0 Å². The minimum Gasteiger partial charge on any atom is -0.398 e. The molecule has 3 nitrogen and oxygen atoms in total. The smallest absolute Gasteiger partial charge is 0.256 e. The van der Waals surface area contributed by atoms with Crippen molar-refractivity contribution in [2.45, 2.75) is 25.3 Å². The van der Waals surface area contributed by atoms with Gasteiger partial charge in [0, 0.05) is 24.2 Å². The van der Waals surface area contributed by atoms with Crippen LogP contribution in [0.1, 0.15) is 35.2 Å². The molecular formula is C18H21ClN2O. The van der Waals surface area contributed by atoms with Crippen LogP contribution in [0.15, 0.2) is 54.6 Å². The summed E-state index contributed by atoms with van der Waals surface area (Å²) < 4.78 is 0. The van der Waals surface area contributed by atoms with Crippen molar-refractivity contribution in [3.8, 4) is 0 Å². The monoisotopic (exact) mass is 316 g/mol. The predicted molar refractivity (Wildman–Crippen MR) is 92.4 cm³/mol. The van der Waals surface area contributed by atoms with E-state index in [1.54, 1.807) is 12.1 Å². The van der Waals surface area contributed by atoms with E-state index in [4.69, 9.17) is 5.73 Å². The number of halogens is 1. The van der Waals surface area contributed by atoms with E-state index in [-0.39, 0.29) is 24.4 Å². The zero-order valence-corrected chi connectivity index (χ0v) is 13.4. The Morgan fingerprint density at radius 3 is 2.41 bits per heavy atom. The molecule has 1 saturated heterocycles. The van der Waals surface area contributed by atoms with Gasteiger partial charge in [-0.15, -0.1) is 12.4 Å². The quantitative estimate of drug-likeness (QED) is 0.859. The van der Waals surface area contributed by atoms with Crippen molar-refractivity contribution in [1.82, 2.24) is 4.90 Å². The van der Waals surface area contributed by atoms with Crippen molar-refractivity contribution in [2.24, 2.45) is 0 Å². The number of nitrogen functional groups attached to an aromatic ring is 1. The molecule has 2 aromatic rings. The number of hydrogen-bond acceptors (Lipinski definition) is 2. The minimum absolute atomic E-state index is 0. The van der Waals surface area contributed by atoms with Gasteiger partial charge >= 0.3 is 0 Å². The second kappa shape index (κ2) is 6.84. The molecule has 1 heterocycles. The largest absolute Gasteiger partial charge is 0.398 e. The third-order valence-corrected chi connectivity index (χ3v) is 4.30. The summed E-state index contributed by atoms with van der Waals surface area (Å²) in [5.74, 6) is 0.453. The molecule has 3 rings (SSSR count). The van der Waals surface area contributed by atoms with Gasteiger partial charge in [0.1, 0.15) is 0 Å². The number of carbonyl (C=O) groups excluding carboxylic acids is 1. The maximum absolute atomic E-state index is 12.7. The van der Waals surface area contributed by atoms with Crippen molar-refractivity contribution in [3.05, 3.63) is 65.7 Å². The van der Waals surface area contributed by atoms with Crippen LogP contribution in [-0.2, 0) is 0 Å². The number of carbonyl (C=O) groups is 1. The number of rotatable bonds is 2. The normalized spacial score (nSPS) is 20.5. The van der Waals surface area contributed by atoms with E-state index >= 15 is 0 Å². The minimum atomic E-state index is 0. The van der Waals surface area contributed by atoms with Crippen molar-refractivity contribution >= 4 is 24.0 Å². The van der Waals surface area contributed by atoms with Gasteiger partial charge < -0.3 is 10.6 Å². The maximum atomic E-state index is 12.7. The molecule has 116 valence electrons. The van der Waals surface area contributed by atoms with Gasteiger partial charge in [0.05, 0.1) is 5.56 Å². The summed E-state index contributed by atoms with van der Waals surface area (Å²) in [5.41, 5.74) is 8.40. The second-order valence-electron chi connectivity index (χ2n) is 5.74. The molecule has 0 bridgehead atoms. The predicted octanol–water partition coefficient (Wildman–Crippen LogP) is 3.71. The Kier molecular flexibility index (Phi) is 5.09. The summed E-state index contributed by atoms with van der Waals surface area (Å²) in [6.07, 6.45) is 1.00. The molecular weight excluding hydrogens is 296 g/mol. The highest BCUT2D eigenvalue weighted by Crippen LogP contribution is 2.32. The van der Waals surface area contributed by atoms with Crippen LogP contribution in [0, 0.1) is 0 Å². The average molecular weight is 317 g/mol. The maximum Gasteiger partial charge on any atom is 0.256 e. The SMILES string of the molecule is CC1CC(c2ccccc2)CN1C(=O)c1ccccc1N.Cl. The molecule has 22 heavy (non-hydrogen) atoms. The van der Waals surface area contributed by atoms with Gasteiger partial charge in [-0.1, -0.05) is 42.5 Å². The Labute approximate surface area is 137 Å². The molecule has 2 unspecified atom stereocenters. The summed E-state index contributed by atoms with van der Waals surface area (Å²) in [7, 11) is 0. The standard InChI is InChI=1S/C18H20N2O.ClH/c1-13-11-15(14-7-3-2-4-8-14)12-20(13)18(21)16-9-5-6-10-17(16)19;/h2-10,13,15H,11-12,19H2,1H3;1H. The lowest BCUT2D eigenvalue weighted by Gasteiger charge is -2.22. The Morgan fingerprint density at radius 2 is 1.73 bits per heavy atom. The zero-order valence-electron chi connectivity index (χ0n) is 12.6. The van der Waals surface area contributed by atoms with Crippen LogP contribution in [0.5, 0.6) is 0 Å². The highest BCUT2D eigenvalue weighted by Gasteiger charge is 2.33. The molecule has 1 aliphatic heterocycles. The highest BCUT2D eigenvalue weighted by atomic mass is 35.5. The van der Waals surface area contributed by atoms with Crippen molar-refractivity contribution in [2.75, 3.05) is 12.3 Å². The van der Waals surface area contributed by atoms with E-state index in [9.17, 15) is 4.79 Å². The summed E-state index contributed by atoms with van der Waals surface area (Å²) in [4.78, 5) is 14.6. The molecule has 0 radical (unpaired) electrons. The van der Waals surface area contributed by atoms with Crippen LogP contribution < -0.4 is 5.73 Å². The summed E-state index contributed by atoms with van der Waals surface area (Å²) in [6.45, 7) is 2.87. The van der Waals surface area contributed by atoms with Gasteiger partial charge in [-0.05, 0) is 31.0 Å². The Bertz CT molecular complexity index is 645. The lowest BCUT2D eigenvalue weighted by Crippen LogP contribution is -2.34. The first-order valence-electron chi connectivity index (χ1n) is 7.37. The fourth-order valence-electron chi connectivity index (χ4n) is 3.13. The number of hydrogen-bond donors (Lipinski definition) is 1. The Morgan fingerprint density at radius 1 is 1.09 bits per heavy atom. The molecule has 0 saturated carbocycles.